The Bertz CT molecular complexity index is 881. The van der Waals surface area contributed by atoms with E-state index in [2.05, 4.69) is 5.32 Å². The number of hydrogen-bond donors (Lipinski definition) is 1. The maximum absolute atomic E-state index is 12.6. The highest BCUT2D eigenvalue weighted by molar-refractivity contribution is 6.13. The van der Waals surface area contributed by atoms with Crippen molar-refractivity contribution in [3.8, 4) is 5.75 Å². The molecule has 0 radical (unpaired) electrons. The van der Waals surface area contributed by atoms with E-state index in [1.165, 1.54) is 6.92 Å². The zero-order chi connectivity index (χ0) is 16.2. The van der Waals surface area contributed by atoms with Gasteiger partial charge in [-0.2, -0.15) is 0 Å². The number of esters is 1. The van der Waals surface area contributed by atoms with E-state index in [0.717, 1.165) is 10.8 Å². The maximum atomic E-state index is 12.6. The number of fused-ring (bicyclic) bond motifs is 1. The first-order valence-electron chi connectivity index (χ1n) is 7.22. The smallest absolute Gasteiger partial charge is 0.308 e. The average molecular weight is 305 g/mol. The third kappa shape index (κ3) is 3.21. The van der Waals surface area contributed by atoms with Gasteiger partial charge in [0.25, 0.3) is 5.91 Å². The van der Waals surface area contributed by atoms with Crippen LogP contribution in [0, 0.1) is 0 Å². The van der Waals surface area contributed by atoms with Crippen LogP contribution in [0.2, 0.25) is 0 Å². The molecule has 3 rings (SSSR count). The summed E-state index contributed by atoms with van der Waals surface area (Å²) in [5.41, 5.74) is 1.03. The summed E-state index contributed by atoms with van der Waals surface area (Å²) in [7, 11) is 0. The Morgan fingerprint density at radius 2 is 1.57 bits per heavy atom. The van der Waals surface area contributed by atoms with E-state index in [1.807, 2.05) is 36.4 Å². The van der Waals surface area contributed by atoms with Gasteiger partial charge in [-0.05, 0) is 29.0 Å². The van der Waals surface area contributed by atoms with Crippen LogP contribution in [0.25, 0.3) is 10.8 Å². The first-order valence-corrected chi connectivity index (χ1v) is 7.22. The van der Waals surface area contributed by atoms with E-state index in [9.17, 15) is 9.59 Å². The molecule has 0 aliphatic rings. The van der Waals surface area contributed by atoms with Gasteiger partial charge in [-0.3, -0.25) is 9.59 Å². The number of carbonyl (C=O) groups excluding carboxylic acids is 2. The molecule has 23 heavy (non-hydrogen) atoms. The van der Waals surface area contributed by atoms with Crippen LogP contribution < -0.4 is 10.1 Å². The molecule has 0 saturated carbocycles. The van der Waals surface area contributed by atoms with Crippen LogP contribution in [-0.4, -0.2) is 11.9 Å². The summed E-state index contributed by atoms with van der Waals surface area (Å²) < 4.78 is 5.12. The second-order valence-corrected chi connectivity index (χ2v) is 5.07. The van der Waals surface area contributed by atoms with Gasteiger partial charge in [-0.25, -0.2) is 0 Å². The lowest BCUT2D eigenvalue weighted by molar-refractivity contribution is -0.131. The minimum absolute atomic E-state index is 0.249. The van der Waals surface area contributed by atoms with Gasteiger partial charge in [-0.1, -0.05) is 48.5 Å². The van der Waals surface area contributed by atoms with Crippen molar-refractivity contribution in [2.75, 3.05) is 5.32 Å². The van der Waals surface area contributed by atoms with Crippen LogP contribution in [0.3, 0.4) is 0 Å². The second-order valence-electron chi connectivity index (χ2n) is 5.07. The summed E-state index contributed by atoms with van der Waals surface area (Å²) in [6.45, 7) is 1.32. The molecule has 3 aromatic carbocycles. The molecule has 1 amide bonds. The lowest BCUT2D eigenvalue weighted by atomic mass is 10.0. The lowest BCUT2D eigenvalue weighted by Gasteiger charge is -2.11. The Morgan fingerprint density at radius 1 is 0.870 bits per heavy atom. The van der Waals surface area contributed by atoms with Gasteiger partial charge in [0.15, 0.2) is 5.75 Å². The molecule has 114 valence electrons. The molecule has 0 bridgehead atoms. The second kappa shape index (κ2) is 6.32. The maximum Gasteiger partial charge on any atom is 0.308 e. The third-order valence-electron chi connectivity index (χ3n) is 3.42. The highest BCUT2D eigenvalue weighted by Crippen LogP contribution is 2.26. The molecule has 0 saturated heterocycles. The van der Waals surface area contributed by atoms with Gasteiger partial charge < -0.3 is 10.1 Å². The summed E-state index contributed by atoms with van der Waals surface area (Å²) in [5, 5.41) is 4.67. The average Bonchev–Trinajstić information content (AvgIpc) is 2.55. The van der Waals surface area contributed by atoms with E-state index >= 15 is 0 Å². The molecule has 4 heteroatoms. The molecule has 0 heterocycles. The molecule has 0 fully saturated rings. The number of para-hydroxylation sites is 2. The highest BCUT2D eigenvalue weighted by atomic mass is 16.5. The monoisotopic (exact) mass is 305 g/mol. The molecule has 0 aliphatic carbocycles. The minimum Gasteiger partial charge on any atom is -0.424 e. The molecule has 0 spiro atoms. The molecule has 1 N–H and O–H groups in total. The number of amides is 1. The van der Waals surface area contributed by atoms with Gasteiger partial charge in [0.2, 0.25) is 0 Å². The number of rotatable bonds is 3. The van der Waals surface area contributed by atoms with Gasteiger partial charge >= 0.3 is 5.97 Å². The van der Waals surface area contributed by atoms with Gasteiger partial charge in [-0.15, -0.1) is 0 Å². The largest absolute Gasteiger partial charge is 0.424 e. The summed E-state index contributed by atoms with van der Waals surface area (Å²) in [6, 6.07) is 20.1. The van der Waals surface area contributed by atoms with Crippen molar-refractivity contribution in [3.05, 3.63) is 72.3 Å². The van der Waals surface area contributed by atoms with Gasteiger partial charge in [0.1, 0.15) is 0 Å². The molecule has 3 aromatic rings. The van der Waals surface area contributed by atoms with Crippen molar-refractivity contribution in [2.24, 2.45) is 0 Å². The van der Waals surface area contributed by atoms with Crippen LogP contribution in [-0.2, 0) is 4.79 Å². The summed E-state index contributed by atoms with van der Waals surface area (Å²) >= 11 is 0. The number of hydrogen-bond acceptors (Lipinski definition) is 3. The van der Waals surface area contributed by atoms with E-state index in [0.29, 0.717) is 17.0 Å². The predicted molar refractivity (Wildman–Crippen MR) is 89.7 cm³/mol. The summed E-state index contributed by atoms with van der Waals surface area (Å²) in [5.74, 6) is -0.355. The van der Waals surface area contributed by atoms with E-state index in [-0.39, 0.29) is 5.91 Å². The Kier molecular flexibility index (Phi) is 4.06. The lowest BCUT2D eigenvalue weighted by Crippen LogP contribution is -2.14. The van der Waals surface area contributed by atoms with E-state index in [1.54, 1.807) is 30.3 Å². The number of carbonyl (C=O) groups is 2. The van der Waals surface area contributed by atoms with E-state index < -0.39 is 5.97 Å². The number of ether oxygens (including phenoxy) is 1. The first kappa shape index (κ1) is 14.8. The van der Waals surface area contributed by atoms with E-state index in [4.69, 9.17) is 4.74 Å². The zero-order valence-electron chi connectivity index (χ0n) is 12.6. The third-order valence-corrected chi connectivity index (χ3v) is 3.42. The quantitative estimate of drug-likeness (QED) is 0.587. The van der Waals surface area contributed by atoms with Crippen molar-refractivity contribution >= 4 is 28.3 Å². The normalized spacial score (nSPS) is 10.3. The predicted octanol–water partition coefficient (Wildman–Crippen LogP) is 4.02. The van der Waals surface area contributed by atoms with Crippen LogP contribution in [0.1, 0.15) is 17.3 Å². The number of benzene rings is 3. The standard InChI is InChI=1S/C19H15NO3/c1-13(21)23-18-12-5-4-11-17(18)20-19(22)16-10-6-8-14-7-2-3-9-15(14)16/h2-12H,1H3,(H,20,22). The molecule has 0 aliphatic heterocycles. The number of anilines is 1. The Morgan fingerprint density at radius 3 is 2.39 bits per heavy atom. The molecular formula is C19H15NO3. The molecular weight excluding hydrogens is 290 g/mol. The minimum atomic E-state index is -0.433. The van der Waals surface area contributed by atoms with Gasteiger partial charge in [0.05, 0.1) is 5.69 Å². The number of nitrogens with one attached hydrogen (secondary N) is 1. The van der Waals surface area contributed by atoms with Crippen LogP contribution in [0.15, 0.2) is 66.7 Å². The Hall–Kier alpha value is -3.14. The van der Waals surface area contributed by atoms with Crippen molar-refractivity contribution < 1.29 is 14.3 Å². The molecule has 0 unspecified atom stereocenters. The fourth-order valence-corrected chi connectivity index (χ4v) is 2.43. The fourth-order valence-electron chi connectivity index (χ4n) is 2.43. The molecule has 4 nitrogen and oxygen atoms in total. The Balaban J connectivity index is 1.94. The fraction of sp³-hybridized carbons (Fsp3) is 0.0526. The van der Waals surface area contributed by atoms with Crippen molar-refractivity contribution in [1.29, 1.82) is 0 Å². The molecule has 0 atom stereocenters. The van der Waals surface area contributed by atoms with Crippen LogP contribution >= 0.6 is 0 Å². The topological polar surface area (TPSA) is 55.4 Å². The van der Waals surface area contributed by atoms with Crippen LogP contribution in [0.4, 0.5) is 5.69 Å². The summed E-state index contributed by atoms with van der Waals surface area (Å²) in [4.78, 5) is 23.8. The molecule has 0 aromatic heterocycles. The SMILES string of the molecule is CC(=O)Oc1ccccc1NC(=O)c1cccc2ccccc12. The van der Waals surface area contributed by atoms with Crippen molar-refractivity contribution in [3.63, 3.8) is 0 Å². The van der Waals surface area contributed by atoms with Crippen molar-refractivity contribution in [2.45, 2.75) is 6.92 Å². The highest BCUT2D eigenvalue weighted by Gasteiger charge is 2.13. The van der Waals surface area contributed by atoms with Crippen molar-refractivity contribution in [1.82, 2.24) is 0 Å². The summed E-state index contributed by atoms with van der Waals surface area (Å²) in [6.07, 6.45) is 0. The van der Waals surface area contributed by atoms with Crippen LogP contribution in [0.5, 0.6) is 5.75 Å². The Labute approximate surface area is 133 Å². The zero-order valence-corrected chi connectivity index (χ0v) is 12.6. The first-order chi connectivity index (χ1) is 11.1. The van der Waals surface area contributed by atoms with Gasteiger partial charge in [0, 0.05) is 12.5 Å².